The molecule has 1 aromatic carbocycles. The van der Waals surface area contributed by atoms with E-state index in [1.165, 1.54) is 6.92 Å². The normalized spacial score (nSPS) is 24.8. The summed E-state index contributed by atoms with van der Waals surface area (Å²) in [5.74, 6) is -1.86. The zero-order valence-electron chi connectivity index (χ0n) is 9.68. The summed E-state index contributed by atoms with van der Waals surface area (Å²) in [5.41, 5.74) is 0.996. The zero-order chi connectivity index (χ0) is 12.4. The van der Waals surface area contributed by atoms with Gasteiger partial charge >= 0.3 is 0 Å². The predicted molar refractivity (Wildman–Crippen MR) is 62.6 cm³/mol. The maximum absolute atomic E-state index is 11.8. The van der Waals surface area contributed by atoms with Crippen LogP contribution >= 0.6 is 0 Å². The fraction of sp³-hybridized carbons (Fsp3) is 0.357. The molecule has 0 aliphatic heterocycles. The highest BCUT2D eigenvalue weighted by atomic mass is 16.2. The highest BCUT2D eigenvalue weighted by Crippen LogP contribution is 2.31. The molecule has 0 heterocycles. The summed E-state index contributed by atoms with van der Waals surface area (Å²) in [5, 5.41) is 0. The second kappa shape index (κ2) is 4.62. The maximum atomic E-state index is 11.8. The number of benzene rings is 1. The van der Waals surface area contributed by atoms with E-state index in [1.54, 1.807) is 0 Å². The van der Waals surface area contributed by atoms with Gasteiger partial charge in [0.1, 0.15) is 11.7 Å². The van der Waals surface area contributed by atoms with Crippen LogP contribution in [0, 0.1) is 5.92 Å². The van der Waals surface area contributed by atoms with Crippen LogP contribution in [0.1, 0.15) is 31.2 Å². The Bertz CT molecular complexity index is 444. The summed E-state index contributed by atoms with van der Waals surface area (Å²) in [6.45, 7) is 1.31. The van der Waals surface area contributed by atoms with Crippen molar-refractivity contribution in [2.45, 2.75) is 25.7 Å². The van der Waals surface area contributed by atoms with Gasteiger partial charge < -0.3 is 0 Å². The van der Waals surface area contributed by atoms with Gasteiger partial charge in [-0.3, -0.25) is 14.4 Å². The van der Waals surface area contributed by atoms with E-state index in [4.69, 9.17) is 0 Å². The SMILES string of the molecule is CC(=O)C1C(=O)CC(c2ccccc2)CC1=O. The van der Waals surface area contributed by atoms with E-state index in [-0.39, 0.29) is 23.3 Å². The Morgan fingerprint density at radius 3 is 2.06 bits per heavy atom. The number of ketones is 3. The minimum atomic E-state index is -1.00. The molecule has 1 saturated carbocycles. The molecule has 2 rings (SSSR count). The number of hydrogen-bond donors (Lipinski definition) is 0. The van der Waals surface area contributed by atoms with Crippen molar-refractivity contribution in [2.24, 2.45) is 5.92 Å². The third-order valence-electron chi connectivity index (χ3n) is 3.22. The van der Waals surface area contributed by atoms with Gasteiger partial charge in [-0.1, -0.05) is 30.3 Å². The fourth-order valence-corrected chi connectivity index (χ4v) is 2.39. The summed E-state index contributed by atoms with van der Waals surface area (Å²) in [6, 6.07) is 9.51. The molecule has 0 saturated heterocycles. The molecular weight excluding hydrogens is 216 g/mol. The monoisotopic (exact) mass is 230 g/mol. The molecule has 0 unspecified atom stereocenters. The van der Waals surface area contributed by atoms with E-state index < -0.39 is 5.92 Å². The molecule has 0 aromatic heterocycles. The van der Waals surface area contributed by atoms with E-state index in [0.29, 0.717) is 12.8 Å². The lowest BCUT2D eigenvalue weighted by atomic mass is 9.76. The van der Waals surface area contributed by atoms with Crippen molar-refractivity contribution in [3.8, 4) is 0 Å². The van der Waals surface area contributed by atoms with Crippen LogP contribution in [0.25, 0.3) is 0 Å². The van der Waals surface area contributed by atoms with Crippen molar-refractivity contribution in [2.75, 3.05) is 0 Å². The molecule has 0 bridgehead atoms. The molecule has 1 aliphatic rings. The topological polar surface area (TPSA) is 51.2 Å². The van der Waals surface area contributed by atoms with Gasteiger partial charge in [-0.2, -0.15) is 0 Å². The first-order valence-electron chi connectivity index (χ1n) is 5.70. The number of Topliss-reactive ketones (excluding diaryl/α,β-unsaturated/α-hetero) is 3. The van der Waals surface area contributed by atoms with Crippen LogP contribution < -0.4 is 0 Å². The van der Waals surface area contributed by atoms with E-state index in [0.717, 1.165) is 5.56 Å². The lowest BCUT2D eigenvalue weighted by Crippen LogP contribution is -2.36. The van der Waals surface area contributed by atoms with Gasteiger partial charge in [0.25, 0.3) is 0 Å². The van der Waals surface area contributed by atoms with E-state index in [1.807, 2.05) is 30.3 Å². The van der Waals surface area contributed by atoms with Crippen molar-refractivity contribution in [1.82, 2.24) is 0 Å². The lowest BCUT2D eigenvalue weighted by molar-refractivity contribution is -0.141. The molecule has 3 heteroatoms. The number of hydrogen-bond acceptors (Lipinski definition) is 3. The molecule has 0 atom stereocenters. The van der Waals surface area contributed by atoms with E-state index in [9.17, 15) is 14.4 Å². The highest BCUT2D eigenvalue weighted by Gasteiger charge is 2.38. The molecule has 0 N–H and O–H groups in total. The van der Waals surface area contributed by atoms with Gasteiger partial charge in [0, 0.05) is 12.8 Å². The summed E-state index contributed by atoms with van der Waals surface area (Å²) >= 11 is 0. The van der Waals surface area contributed by atoms with Gasteiger partial charge in [-0.15, -0.1) is 0 Å². The van der Waals surface area contributed by atoms with Crippen LogP contribution in [0.15, 0.2) is 30.3 Å². The van der Waals surface area contributed by atoms with Crippen LogP contribution in [0.2, 0.25) is 0 Å². The average molecular weight is 230 g/mol. The highest BCUT2D eigenvalue weighted by molar-refractivity contribution is 6.20. The summed E-state index contributed by atoms with van der Waals surface area (Å²) in [7, 11) is 0. The predicted octanol–water partition coefficient (Wildman–Crippen LogP) is 1.91. The van der Waals surface area contributed by atoms with Crippen molar-refractivity contribution < 1.29 is 14.4 Å². The number of carbonyl (C=O) groups is 3. The largest absolute Gasteiger partial charge is 0.299 e. The second-order valence-electron chi connectivity index (χ2n) is 4.49. The first-order valence-corrected chi connectivity index (χ1v) is 5.70. The molecule has 0 spiro atoms. The van der Waals surface area contributed by atoms with E-state index >= 15 is 0 Å². The van der Waals surface area contributed by atoms with Gasteiger partial charge in [0.2, 0.25) is 0 Å². The molecule has 1 aromatic rings. The van der Waals surface area contributed by atoms with Crippen LogP contribution in [-0.4, -0.2) is 17.3 Å². The van der Waals surface area contributed by atoms with Gasteiger partial charge in [-0.25, -0.2) is 0 Å². The smallest absolute Gasteiger partial charge is 0.151 e. The summed E-state index contributed by atoms with van der Waals surface area (Å²) < 4.78 is 0. The van der Waals surface area contributed by atoms with Crippen molar-refractivity contribution >= 4 is 17.3 Å². The molecule has 0 radical (unpaired) electrons. The Kier molecular flexibility index (Phi) is 3.18. The Labute approximate surface area is 99.8 Å². The number of rotatable bonds is 2. The molecule has 88 valence electrons. The standard InChI is InChI=1S/C14H14O3/c1-9(15)14-12(16)7-11(8-13(14)17)10-5-3-2-4-6-10/h2-6,11,14H,7-8H2,1H3. The van der Waals surface area contributed by atoms with Crippen molar-refractivity contribution in [3.05, 3.63) is 35.9 Å². The second-order valence-corrected chi connectivity index (χ2v) is 4.49. The molecule has 0 amide bonds. The Morgan fingerprint density at radius 2 is 1.59 bits per heavy atom. The third-order valence-corrected chi connectivity index (χ3v) is 3.22. The summed E-state index contributed by atoms with van der Waals surface area (Å²) in [6.07, 6.45) is 0.583. The van der Waals surface area contributed by atoms with E-state index in [2.05, 4.69) is 0 Å². The quantitative estimate of drug-likeness (QED) is 0.729. The maximum Gasteiger partial charge on any atom is 0.151 e. The Hall–Kier alpha value is -1.77. The Morgan fingerprint density at radius 1 is 1.06 bits per heavy atom. The molecule has 1 fully saturated rings. The fourth-order valence-electron chi connectivity index (χ4n) is 2.39. The molecule has 1 aliphatic carbocycles. The number of carbonyl (C=O) groups excluding carboxylic acids is 3. The third kappa shape index (κ3) is 2.33. The van der Waals surface area contributed by atoms with Crippen molar-refractivity contribution in [1.29, 1.82) is 0 Å². The van der Waals surface area contributed by atoms with Crippen LogP contribution in [0.4, 0.5) is 0 Å². The average Bonchev–Trinajstić information content (AvgIpc) is 2.28. The lowest BCUT2D eigenvalue weighted by Gasteiger charge is -2.25. The first kappa shape index (κ1) is 11.7. The van der Waals surface area contributed by atoms with Gasteiger partial charge in [0.15, 0.2) is 11.6 Å². The molecule has 3 nitrogen and oxygen atoms in total. The minimum Gasteiger partial charge on any atom is -0.299 e. The zero-order valence-corrected chi connectivity index (χ0v) is 9.68. The summed E-state index contributed by atoms with van der Waals surface area (Å²) in [4.78, 5) is 34.8. The van der Waals surface area contributed by atoms with Crippen LogP contribution in [0.3, 0.4) is 0 Å². The van der Waals surface area contributed by atoms with Gasteiger partial charge in [-0.05, 0) is 18.4 Å². The Balaban J connectivity index is 2.20. The molecule has 17 heavy (non-hydrogen) atoms. The van der Waals surface area contributed by atoms with Crippen molar-refractivity contribution in [3.63, 3.8) is 0 Å². The minimum absolute atomic E-state index is 0.0631. The van der Waals surface area contributed by atoms with Crippen LogP contribution in [0.5, 0.6) is 0 Å². The first-order chi connectivity index (χ1) is 8.09. The van der Waals surface area contributed by atoms with Crippen LogP contribution in [-0.2, 0) is 14.4 Å². The molecular formula is C14H14O3. The van der Waals surface area contributed by atoms with Gasteiger partial charge in [0.05, 0.1) is 0 Å².